The second-order valence-electron chi connectivity index (χ2n) is 5.87. The lowest BCUT2D eigenvalue weighted by molar-refractivity contribution is 0.374. The minimum absolute atomic E-state index is 0.283. The second kappa shape index (κ2) is 6.27. The summed E-state index contributed by atoms with van der Waals surface area (Å²) in [4.78, 5) is 4.28. The number of aromatic nitrogens is 1. The number of nitrogens with zero attached hydrogens (tertiary/aromatic N) is 1. The first-order valence-corrected chi connectivity index (χ1v) is 7.79. The number of pyridine rings is 1. The molecule has 2 aromatic rings. The summed E-state index contributed by atoms with van der Waals surface area (Å²) in [6, 6.07) is 10.9. The van der Waals surface area contributed by atoms with E-state index in [-0.39, 0.29) is 6.04 Å². The topological polar surface area (TPSA) is 50.9 Å². The number of benzene rings is 1. The van der Waals surface area contributed by atoms with E-state index < -0.39 is 0 Å². The van der Waals surface area contributed by atoms with E-state index in [9.17, 15) is 0 Å². The smallest absolute Gasteiger partial charge is 0.0393 e. The second-order valence-corrected chi connectivity index (χ2v) is 5.87. The van der Waals surface area contributed by atoms with Crippen LogP contribution >= 0.6 is 0 Å². The van der Waals surface area contributed by atoms with E-state index in [2.05, 4.69) is 41.5 Å². The van der Waals surface area contributed by atoms with Crippen molar-refractivity contribution in [1.29, 1.82) is 0 Å². The van der Waals surface area contributed by atoms with Gasteiger partial charge in [-0.25, -0.2) is 0 Å². The van der Waals surface area contributed by atoms with Crippen LogP contribution in [0.25, 0.3) is 0 Å². The summed E-state index contributed by atoms with van der Waals surface area (Å²) in [5.41, 5.74) is 11.1. The molecular formula is C18H23N3. The van der Waals surface area contributed by atoms with E-state index >= 15 is 0 Å². The van der Waals surface area contributed by atoms with Gasteiger partial charge in [0.25, 0.3) is 0 Å². The van der Waals surface area contributed by atoms with Crippen LogP contribution in [0.4, 0.5) is 5.69 Å². The Labute approximate surface area is 126 Å². The summed E-state index contributed by atoms with van der Waals surface area (Å²) in [5.74, 6) is 0.556. The highest BCUT2D eigenvalue weighted by Crippen LogP contribution is 2.36. The fourth-order valence-corrected chi connectivity index (χ4v) is 3.34. The fourth-order valence-electron chi connectivity index (χ4n) is 3.34. The van der Waals surface area contributed by atoms with Crippen molar-refractivity contribution in [2.45, 2.75) is 32.2 Å². The minimum Gasteiger partial charge on any atom is -0.398 e. The third kappa shape index (κ3) is 2.93. The van der Waals surface area contributed by atoms with Gasteiger partial charge < -0.3 is 11.1 Å². The van der Waals surface area contributed by atoms with Crippen LogP contribution in [0, 0.1) is 5.92 Å². The van der Waals surface area contributed by atoms with Crippen molar-refractivity contribution in [1.82, 2.24) is 10.3 Å². The highest BCUT2D eigenvalue weighted by Gasteiger charge is 2.30. The fraction of sp³-hybridized carbons (Fsp3) is 0.389. The van der Waals surface area contributed by atoms with E-state index in [4.69, 9.17) is 5.73 Å². The van der Waals surface area contributed by atoms with Crippen molar-refractivity contribution in [3.8, 4) is 0 Å². The first-order chi connectivity index (χ1) is 10.3. The molecule has 1 unspecified atom stereocenters. The van der Waals surface area contributed by atoms with Crippen LogP contribution < -0.4 is 11.1 Å². The molecule has 0 saturated heterocycles. The van der Waals surface area contributed by atoms with Gasteiger partial charge in [-0.1, -0.05) is 31.2 Å². The average molecular weight is 281 g/mol. The van der Waals surface area contributed by atoms with Gasteiger partial charge in [-0.05, 0) is 48.9 Å². The van der Waals surface area contributed by atoms with Crippen LogP contribution in [0.3, 0.4) is 0 Å². The Hall–Kier alpha value is -1.87. The number of anilines is 1. The zero-order valence-electron chi connectivity index (χ0n) is 12.5. The van der Waals surface area contributed by atoms with E-state index in [0.717, 1.165) is 37.1 Å². The van der Waals surface area contributed by atoms with Gasteiger partial charge in [0.05, 0.1) is 0 Å². The van der Waals surface area contributed by atoms with Crippen LogP contribution in [-0.2, 0) is 12.8 Å². The number of rotatable bonds is 5. The van der Waals surface area contributed by atoms with Gasteiger partial charge >= 0.3 is 0 Å². The quantitative estimate of drug-likeness (QED) is 0.885. The van der Waals surface area contributed by atoms with Crippen molar-refractivity contribution in [2.24, 2.45) is 5.92 Å². The molecular weight excluding hydrogens is 258 g/mol. The number of hydrogen-bond donors (Lipinski definition) is 2. The summed E-state index contributed by atoms with van der Waals surface area (Å²) in [5, 5.41) is 3.68. The van der Waals surface area contributed by atoms with Crippen LogP contribution in [-0.4, -0.2) is 11.5 Å². The zero-order chi connectivity index (χ0) is 14.7. The molecule has 3 rings (SSSR count). The highest BCUT2D eigenvalue weighted by molar-refractivity contribution is 5.47. The Morgan fingerprint density at radius 3 is 2.57 bits per heavy atom. The predicted molar refractivity (Wildman–Crippen MR) is 87.0 cm³/mol. The van der Waals surface area contributed by atoms with Crippen molar-refractivity contribution < 1.29 is 0 Å². The standard InChI is InChI=1S/C18H23N3/c1-2-8-21-18(16-12-20-9-7-17(16)19)15-10-13-5-3-4-6-14(13)11-15/h3-7,9,12,15,18,21H,2,8,10-11H2,1H3,(H2,19,20). The van der Waals surface area contributed by atoms with E-state index in [1.54, 1.807) is 6.20 Å². The van der Waals surface area contributed by atoms with Crippen LogP contribution in [0.15, 0.2) is 42.7 Å². The first-order valence-electron chi connectivity index (χ1n) is 7.79. The Balaban J connectivity index is 1.86. The molecule has 0 radical (unpaired) electrons. The molecule has 0 bridgehead atoms. The number of nitrogens with two attached hydrogens (primary N) is 1. The van der Waals surface area contributed by atoms with E-state index in [1.807, 2.05) is 12.3 Å². The third-order valence-corrected chi connectivity index (χ3v) is 4.39. The van der Waals surface area contributed by atoms with Gasteiger partial charge in [-0.3, -0.25) is 4.98 Å². The average Bonchev–Trinajstić information content (AvgIpc) is 2.93. The Morgan fingerprint density at radius 2 is 1.95 bits per heavy atom. The molecule has 3 nitrogen and oxygen atoms in total. The van der Waals surface area contributed by atoms with E-state index in [1.165, 1.54) is 11.1 Å². The highest BCUT2D eigenvalue weighted by atomic mass is 14.9. The van der Waals surface area contributed by atoms with Crippen LogP contribution in [0.5, 0.6) is 0 Å². The number of nitrogen functional groups attached to an aromatic ring is 1. The lowest BCUT2D eigenvalue weighted by Gasteiger charge is -2.26. The molecule has 1 aromatic heterocycles. The van der Waals surface area contributed by atoms with Gasteiger partial charge in [0.1, 0.15) is 0 Å². The SMILES string of the molecule is CCCNC(c1cnccc1N)C1Cc2ccccc2C1. The predicted octanol–water partition coefficient (Wildman–Crippen LogP) is 3.12. The zero-order valence-corrected chi connectivity index (χ0v) is 12.5. The molecule has 3 N–H and O–H groups in total. The van der Waals surface area contributed by atoms with E-state index in [0.29, 0.717) is 5.92 Å². The van der Waals surface area contributed by atoms with Gasteiger partial charge in [0, 0.05) is 29.7 Å². The molecule has 0 spiro atoms. The molecule has 0 fully saturated rings. The van der Waals surface area contributed by atoms with Crippen molar-refractivity contribution in [3.05, 3.63) is 59.4 Å². The van der Waals surface area contributed by atoms with Crippen molar-refractivity contribution >= 4 is 5.69 Å². The van der Waals surface area contributed by atoms with Crippen LogP contribution in [0.1, 0.15) is 36.1 Å². The molecule has 21 heavy (non-hydrogen) atoms. The molecule has 110 valence electrons. The largest absolute Gasteiger partial charge is 0.398 e. The lowest BCUT2D eigenvalue weighted by atomic mass is 9.90. The molecule has 1 atom stereocenters. The van der Waals surface area contributed by atoms with Gasteiger partial charge in [0.15, 0.2) is 0 Å². The molecule has 1 aliphatic rings. The maximum absolute atomic E-state index is 6.19. The Kier molecular flexibility index (Phi) is 4.20. The summed E-state index contributed by atoms with van der Waals surface area (Å²) in [6.07, 6.45) is 7.04. The van der Waals surface area contributed by atoms with Crippen molar-refractivity contribution in [2.75, 3.05) is 12.3 Å². The minimum atomic E-state index is 0.283. The summed E-state index contributed by atoms with van der Waals surface area (Å²) >= 11 is 0. The van der Waals surface area contributed by atoms with Gasteiger partial charge in [-0.15, -0.1) is 0 Å². The summed E-state index contributed by atoms with van der Waals surface area (Å²) in [6.45, 7) is 3.20. The number of fused-ring (bicyclic) bond motifs is 1. The number of nitrogens with one attached hydrogen (secondary N) is 1. The normalized spacial score (nSPS) is 15.9. The molecule has 3 heteroatoms. The van der Waals surface area contributed by atoms with Gasteiger partial charge in [0.2, 0.25) is 0 Å². The first kappa shape index (κ1) is 14.1. The number of hydrogen-bond acceptors (Lipinski definition) is 3. The third-order valence-electron chi connectivity index (χ3n) is 4.39. The Morgan fingerprint density at radius 1 is 1.24 bits per heavy atom. The molecule has 1 aromatic carbocycles. The summed E-state index contributed by atoms with van der Waals surface area (Å²) in [7, 11) is 0. The monoisotopic (exact) mass is 281 g/mol. The van der Waals surface area contributed by atoms with Crippen molar-refractivity contribution in [3.63, 3.8) is 0 Å². The maximum atomic E-state index is 6.19. The van der Waals surface area contributed by atoms with Gasteiger partial charge in [-0.2, -0.15) is 0 Å². The maximum Gasteiger partial charge on any atom is 0.0393 e. The van der Waals surface area contributed by atoms with Crippen LogP contribution in [0.2, 0.25) is 0 Å². The molecule has 1 heterocycles. The molecule has 0 saturated carbocycles. The lowest BCUT2D eigenvalue weighted by Crippen LogP contribution is -2.30. The Bertz CT molecular complexity index is 584. The summed E-state index contributed by atoms with van der Waals surface area (Å²) < 4.78 is 0. The molecule has 0 amide bonds. The molecule has 0 aliphatic heterocycles. The molecule has 1 aliphatic carbocycles.